The van der Waals surface area contributed by atoms with Gasteiger partial charge < -0.3 is 19.5 Å². The number of hydrogen-bond acceptors (Lipinski definition) is 6. The number of methoxy groups -OCH3 is 2. The molecule has 0 amide bonds. The molecule has 2 aliphatic rings. The Balaban J connectivity index is 1.72. The van der Waals surface area contributed by atoms with Crippen molar-refractivity contribution in [2.75, 3.05) is 27.4 Å². The van der Waals surface area contributed by atoms with E-state index >= 15 is 0 Å². The van der Waals surface area contributed by atoms with Crippen LogP contribution in [0.4, 0.5) is 0 Å². The smallest absolute Gasteiger partial charge is 0.336 e. The average Bonchev–Trinajstić information content (AvgIpc) is 2.83. The Morgan fingerprint density at radius 2 is 1.68 bits per heavy atom. The van der Waals surface area contributed by atoms with E-state index in [1.807, 2.05) is 43.3 Å². The number of benzene rings is 2. The molecular formula is C27H28ClNO5. The van der Waals surface area contributed by atoms with Crippen molar-refractivity contribution in [2.45, 2.75) is 31.6 Å². The lowest BCUT2D eigenvalue weighted by atomic mass is 9.72. The minimum Gasteiger partial charge on any atom is -0.497 e. The molecule has 0 spiro atoms. The maximum Gasteiger partial charge on any atom is 0.336 e. The van der Waals surface area contributed by atoms with Gasteiger partial charge in [-0.1, -0.05) is 35.9 Å². The highest BCUT2D eigenvalue weighted by Crippen LogP contribution is 2.46. The number of ketones is 1. The maximum absolute atomic E-state index is 13.6. The van der Waals surface area contributed by atoms with Crippen LogP contribution in [-0.2, 0) is 19.1 Å². The molecule has 1 aliphatic carbocycles. The fraction of sp³-hybridized carbons (Fsp3) is 0.333. The number of dihydropyridines is 1. The molecule has 0 radical (unpaired) electrons. The van der Waals surface area contributed by atoms with E-state index in [1.165, 1.54) is 0 Å². The third-order valence-electron chi connectivity index (χ3n) is 6.36. The van der Waals surface area contributed by atoms with Crippen LogP contribution in [0.5, 0.6) is 5.75 Å². The number of allylic oxidation sites excluding steroid dienone is 3. The first-order valence-electron chi connectivity index (χ1n) is 11.2. The lowest BCUT2D eigenvalue weighted by molar-refractivity contribution is -0.140. The molecule has 0 saturated heterocycles. The van der Waals surface area contributed by atoms with Crippen LogP contribution >= 0.6 is 11.6 Å². The van der Waals surface area contributed by atoms with Gasteiger partial charge >= 0.3 is 5.97 Å². The SMILES string of the molecule is COCCOC(=O)C1=C(C)NC2=C(C(=O)C[C@H](c3ccc(OC)cc3)C2)[C@H]1c1ccc(Cl)cc1. The third kappa shape index (κ3) is 4.88. The zero-order valence-corrected chi connectivity index (χ0v) is 20.3. The predicted octanol–water partition coefficient (Wildman–Crippen LogP) is 4.90. The Hall–Kier alpha value is -3.09. The Bertz CT molecular complexity index is 1130. The first-order chi connectivity index (χ1) is 16.4. The molecule has 0 fully saturated rings. The van der Waals surface area contributed by atoms with E-state index in [4.69, 9.17) is 25.8 Å². The summed E-state index contributed by atoms with van der Waals surface area (Å²) in [6.07, 6.45) is 1.03. The molecule has 4 rings (SSSR count). The van der Waals surface area contributed by atoms with Crippen molar-refractivity contribution < 1.29 is 23.8 Å². The van der Waals surface area contributed by atoms with Crippen molar-refractivity contribution in [2.24, 2.45) is 0 Å². The Morgan fingerprint density at radius 1 is 1.00 bits per heavy atom. The van der Waals surface area contributed by atoms with Crippen molar-refractivity contribution in [3.05, 3.63) is 87.2 Å². The molecule has 0 saturated carbocycles. The van der Waals surface area contributed by atoms with Gasteiger partial charge in [-0.3, -0.25) is 4.79 Å². The van der Waals surface area contributed by atoms with Crippen molar-refractivity contribution >= 4 is 23.4 Å². The van der Waals surface area contributed by atoms with Gasteiger partial charge in [0.1, 0.15) is 12.4 Å². The van der Waals surface area contributed by atoms with Crippen LogP contribution in [0.25, 0.3) is 0 Å². The first-order valence-corrected chi connectivity index (χ1v) is 11.6. The largest absolute Gasteiger partial charge is 0.497 e. The van der Waals surface area contributed by atoms with Gasteiger partial charge in [-0.05, 0) is 54.7 Å². The molecule has 6 nitrogen and oxygen atoms in total. The summed E-state index contributed by atoms with van der Waals surface area (Å²) in [5, 5.41) is 3.95. The van der Waals surface area contributed by atoms with Gasteiger partial charge in [-0.15, -0.1) is 0 Å². The average molecular weight is 482 g/mol. The quantitative estimate of drug-likeness (QED) is 0.448. The Labute approximate surface area is 204 Å². The molecule has 1 heterocycles. The van der Waals surface area contributed by atoms with Gasteiger partial charge in [-0.25, -0.2) is 4.79 Å². The summed E-state index contributed by atoms with van der Waals surface area (Å²) in [4.78, 5) is 26.7. The highest BCUT2D eigenvalue weighted by Gasteiger charge is 2.41. The van der Waals surface area contributed by atoms with Crippen LogP contribution in [0.15, 0.2) is 71.1 Å². The molecule has 0 bridgehead atoms. The summed E-state index contributed by atoms with van der Waals surface area (Å²) in [7, 11) is 3.18. The number of hydrogen-bond donors (Lipinski definition) is 1. The van der Waals surface area contributed by atoms with Gasteiger partial charge in [0.25, 0.3) is 0 Å². The number of nitrogens with one attached hydrogen (secondary N) is 1. The van der Waals surface area contributed by atoms with Crippen molar-refractivity contribution in [1.29, 1.82) is 0 Å². The molecule has 34 heavy (non-hydrogen) atoms. The van der Waals surface area contributed by atoms with E-state index in [0.717, 1.165) is 22.6 Å². The molecule has 1 N–H and O–H groups in total. The maximum atomic E-state index is 13.6. The predicted molar refractivity (Wildman–Crippen MR) is 130 cm³/mol. The molecule has 0 unspecified atom stereocenters. The summed E-state index contributed by atoms with van der Waals surface area (Å²) < 4.78 is 15.7. The van der Waals surface area contributed by atoms with Crippen molar-refractivity contribution in [3.8, 4) is 5.75 Å². The van der Waals surface area contributed by atoms with E-state index in [2.05, 4.69) is 5.32 Å². The number of rotatable bonds is 7. The van der Waals surface area contributed by atoms with Gasteiger partial charge in [0, 0.05) is 41.4 Å². The summed E-state index contributed by atoms with van der Waals surface area (Å²) >= 11 is 6.12. The summed E-state index contributed by atoms with van der Waals surface area (Å²) in [6, 6.07) is 15.1. The van der Waals surface area contributed by atoms with Crippen LogP contribution in [-0.4, -0.2) is 39.2 Å². The van der Waals surface area contributed by atoms with E-state index in [1.54, 1.807) is 26.4 Å². The monoisotopic (exact) mass is 481 g/mol. The molecule has 7 heteroatoms. The second-order valence-electron chi connectivity index (χ2n) is 8.47. The van der Waals surface area contributed by atoms with Gasteiger partial charge in [0.2, 0.25) is 0 Å². The summed E-state index contributed by atoms with van der Waals surface area (Å²) in [5.41, 5.74) is 4.50. The standard InChI is InChI=1S/C27H28ClNO5/c1-16-24(27(31)34-13-12-32-2)25(18-4-8-20(28)9-5-18)26-22(29-16)14-19(15-23(26)30)17-6-10-21(33-3)11-7-17/h4-11,19,25,29H,12-15H2,1-3H3/t19-,25+/m1/s1. The van der Waals surface area contributed by atoms with E-state index in [9.17, 15) is 9.59 Å². The zero-order valence-electron chi connectivity index (χ0n) is 19.5. The number of carbonyl (C=O) groups excluding carboxylic acids is 2. The number of halogens is 1. The molecule has 178 valence electrons. The molecule has 0 aromatic heterocycles. The summed E-state index contributed by atoms with van der Waals surface area (Å²) in [5.74, 6) is -0.144. The highest BCUT2D eigenvalue weighted by molar-refractivity contribution is 6.30. The van der Waals surface area contributed by atoms with Crippen LogP contribution in [0.1, 0.15) is 42.7 Å². The van der Waals surface area contributed by atoms with Crippen LogP contribution in [0.2, 0.25) is 5.02 Å². The molecule has 2 aromatic carbocycles. The number of ether oxygens (including phenoxy) is 3. The fourth-order valence-electron chi connectivity index (χ4n) is 4.71. The van der Waals surface area contributed by atoms with E-state index in [0.29, 0.717) is 41.3 Å². The number of esters is 1. The second-order valence-corrected chi connectivity index (χ2v) is 8.91. The molecule has 2 aromatic rings. The molecule has 2 atom stereocenters. The van der Waals surface area contributed by atoms with Crippen molar-refractivity contribution in [1.82, 2.24) is 5.32 Å². The molecule has 1 aliphatic heterocycles. The van der Waals surface area contributed by atoms with Crippen LogP contribution in [0.3, 0.4) is 0 Å². The third-order valence-corrected chi connectivity index (χ3v) is 6.61. The second kappa shape index (κ2) is 10.5. The minimum atomic E-state index is -0.520. The topological polar surface area (TPSA) is 73.9 Å². The first kappa shape index (κ1) is 24.0. The van der Waals surface area contributed by atoms with Crippen molar-refractivity contribution in [3.63, 3.8) is 0 Å². The van der Waals surface area contributed by atoms with E-state index in [-0.39, 0.29) is 18.3 Å². The lowest BCUT2D eigenvalue weighted by Gasteiger charge is -2.36. The highest BCUT2D eigenvalue weighted by atomic mass is 35.5. The zero-order chi connectivity index (χ0) is 24.2. The minimum absolute atomic E-state index is 0.0178. The number of Topliss-reactive ketones (excluding diaryl/α,β-unsaturated/α-hetero) is 1. The number of carbonyl (C=O) groups is 2. The van der Waals surface area contributed by atoms with Crippen LogP contribution in [0, 0.1) is 0 Å². The van der Waals surface area contributed by atoms with Gasteiger partial charge in [0.15, 0.2) is 5.78 Å². The van der Waals surface area contributed by atoms with Crippen LogP contribution < -0.4 is 10.1 Å². The molecular weight excluding hydrogens is 454 g/mol. The normalized spacial score (nSPS) is 20.1. The van der Waals surface area contributed by atoms with Gasteiger partial charge in [0.05, 0.1) is 19.3 Å². The Kier molecular flexibility index (Phi) is 7.39. The fourth-order valence-corrected chi connectivity index (χ4v) is 4.83. The van der Waals surface area contributed by atoms with Gasteiger partial charge in [-0.2, -0.15) is 0 Å². The van der Waals surface area contributed by atoms with E-state index < -0.39 is 11.9 Å². The Morgan fingerprint density at radius 3 is 2.32 bits per heavy atom. The lowest BCUT2D eigenvalue weighted by Crippen LogP contribution is -2.36. The summed E-state index contributed by atoms with van der Waals surface area (Å²) in [6.45, 7) is 2.29.